The summed E-state index contributed by atoms with van der Waals surface area (Å²) in [5.74, 6) is 0.576. The molecule has 0 fully saturated rings. The van der Waals surface area contributed by atoms with Crippen molar-refractivity contribution in [3.05, 3.63) is 92.5 Å². The molecule has 0 aliphatic heterocycles. The monoisotopic (exact) mass is 579 g/mol. The van der Waals surface area contributed by atoms with Gasteiger partial charge in [0.1, 0.15) is 5.75 Å². The number of hydrogen-bond donors (Lipinski definition) is 1. The van der Waals surface area contributed by atoms with Crippen LogP contribution in [-0.2, 0) is 16.6 Å². The summed E-state index contributed by atoms with van der Waals surface area (Å²) < 4.78 is 36.1. The normalized spacial score (nSPS) is 11.6. The molecule has 6 nitrogen and oxygen atoms in total. The Labute approximate surface area is 216 Å². The van der Waals surface area contributed by atoms with E-state index >= 15 is 0 Å². The van der Waals surface area contributed by atoms with Gasteiger partial charge in [-0.2, -0.15) is 5.10 Å². The minimum atomic E-state index is -3.76. The van der Waals surface area contributed by atoms with Crippen molar-refractivity contribution in [1.29, 1.82) is 0 Å². The Morgan fingerprint density at radius 1 is 1.03 bits per heavy atom. The highest BCUT2D eigenvalue weighted by Gasteiger charge is 2.21. The molecule has 10 heteroatoms. The molecule has 176 valence electrons. The van der Waals surface area contributed by atoms with Crippen LogP contribution in [0.3, 0.4) is 0 Å². The van der Waals surface area contributed by atoms with E-state index in [9.17, 15) is 8.42 Å². The molecule has 0 spiro atoms. The van der Waals surface area contributed by atoms with Crippen molar-refractivity contribution in [1.82, 2.24) is 14.5 Å². The van der Waals surface area contributed by atoms with Gasteiger partial charge in [0.05, 0.1) is 40.6 Å². The second-order valence-corrected chi connectivity index (χ2v) is 11.0. The van der Waals surface area contributed by atoms with Crippen molar-refractivity contribution >= 4 is 49.2 Å². The molecule has 0 unspecified atom stereocenters. The smallest absolute Gasteiger partial charge is 0.240 e. The Balaban J connectivity index is 1.74. The molecule has 1 aromatic heterocycles. The van der Waals surface area contributed by atoms with E-state index in [1.54, 1.807) is 35.0 Å². The van der Waals surface area contributed by atoms with Gasteiger partial charge in [-0.3, -0.25) is 0 Å². The average molecular weight is 581 g/mol. The number of halogens is 3. The molecule has 34 heavy (non-hydrogen) atoms. The molecule has 0 saturated heterocycles. The van der Waals surface area contributed by atoms with E-state index in [1.807, 2.05) is 31.2 Å². The van der Waals surface area contributed by atoms with Gasteiger partial charge in [-0.1, -0.05) is 51.3 Å². The summed E-state index contributed by atoms with van der Waals surface area (Å²) in [6.45, 7) is 1.91. The third-order valence-electron chi connectivity index (χ3n) is 5.28. The summed E-state index contributed by atoms with van der Waals surface area (Å²) in [5, 5.41) is 5.66. The first-order valence-corrected chi connectivity index (χ1v) is 13.2. The quantitative estimate of drug-likeness (QED) is 0.274. The fraction of sp³-hybridized carbons (Fsp3) is 0.125. The predicted molar refractivity (Wildman–Crippen MR) is 138 cm³/mol. The zero-order chi connectivity index (χ0) is 24.5. The van der Waals surface area contributed by atoms with Crippen molar-refractivity contribution in [2.75, 3.05) is 7.11 Å². The first-order chi connectivity index (χ1) is 16.2. The molecule has 4 rings (SSSR count). The standard InChI is InChI=1S/C24H20BrCl2N3O3S/c1-15-22(14-28-34(31,32)20-10-8-19(33-2)9-11-20)29-30(23-12-7-18(26)13-21(23)27)24(15)16-3-5-17(25)6-4-16/h3-13,28H,14H2,1-2H3. The molecule has 0 saturated carbocycles. The van der Waals surface area contributed by atoms with Crippen LogP contribution >= 0.6 is 39.1 Å². The summed E-state index contributed by atoms with van der Waals surface area (Å²) in [4.78, 5) is 0.138. The summed E-state index contributed by atoms with van der Waals surface area (Å²) in [5.41, 5.74) is 3.74. The van der Waals surface area contributed by atoms with Crippen LogP contribution in [0.4, 0.5) is 0 Å². The van der Waals surface area contributed by atoms with E-state index in [0.717, 1.165) is 21.3 Å². The molecule has 1 heterocycles. The van der Waals surface area contributed by atoms with E-state index in [4.69, 9.17) is 33.0 Å². The molecule has 0 atom stereocenters. The fourth-order valence-corrected chi connectivity index (χ4v) is 5.23. The van der Waals surface area contributed by atoms with Crippen molar-refractivity contribution in [2.45, 2.75) is 18.4 Å². The predicted octanol–water partition coefficient (Wildman–Crippen LogP) is 6.40. The van der Waals surface area contributed by atoms with E-state index in [2.05, 4.69) is 20.7 Å². The van der Waals surface area contributed by atoms with Crippen molar-refractivity contribution < 1.29 is 13.2 Å². The van der Waals surface area contributed by atoms with Gasteiger partial charge in [0, 0.05) is 20.6 Å². The number of hydrogen-bond acceptors (Lipinski definition) is 4. The van der Waals surface area contributed by atoms with Crippen LogP contribution in [0.2, 0.25) is 10.0 Å². The second kappa shape index (κ2) is 10.1. The van der Waals surface area contributed by atoms with E-state index in [-0.39, 0.29) is 11.4 Å². The van der Waals surface area contributed by atoms with E-state index < -0.39 is 10.0 Å². The number of nitrogens with zero attached hydrogens (tertiary/aromatic N) is 2. The lowest BCUT2D eigenvalue weighted by atomic mass is 10.1. The third kappa shape index (κ3) is 5.16. The van der Waals surface area contributed by atoms with Gasteiger partial charge in [-0.25, -0.2) is 17.8 Å². The number of benzene rings is 3. The van der Waals surface area contributed by atoms with Crippen molar-refractivity contribution in [2.24, 2.45) is 0 Å². The first kappa shape index (κ1) is 24.8. The van der Waals surface area contributed by atoms with E-state index in [1.165, 1.54) is 19.2 Å². The zero-order valence-electron chi connectivity index (χ0n) is 18.2. The van der Waals surface area contributed by atoms with Gasteiger partial charge >= 0.3 is 0 Å². The number of methoxy groups -OCH3 is 1. The highest BCUT2D eigenvalue weighted by molar-refractivity contribution is 9.10. The SMILES string of the molecule is COc1ccc(S(=O)(=O)NCc2nn(-c3ccc(Cl)cc3Cl)c(-c3ccc(Br)cc3)c2C)cc1. The molecule has 4 aromatic rings. The Bertz CT molecular complexity index is 1440. The number of ether oxygens (including phenoxy) is 1. The summed E-state index contributed by atoms with van der Waals surface area (Å²) in [7, 11) is -2.23. The summed E-state index contributed by atoms with van der Waals surface area (Å²) in [6, 6.07) is 19.1. The van der Waals surface area contributed by atoms with Gasteiger partial charge in [0.25, 0.3) is 0 Å². The number of aromatic nitrogens is 2. The second-order valence-electron chi connectivity index (χ2n) is 7.43. The third-order valence-corrected chi connectivity index (χ3v) is 7.76. The molecule has 0 amide bonds. The maximum absolute atomic E-state index is 12.8. The van der Waals surface area contributed by atoms with Gasteiger partial charge in [0.2, 0.25) is 10.0 Å². The molecule has 0 aliphatic carbocycles. The van der Waals surface area contributed by atoms with Crippen LogP contribution < -0.4 is 9.46 Å². The van der Waals surface area contributed by atoms with Crippen LogP contribution in [0.5, 0.6) is 5.75 Å². The minimum absolute atomic E-state index is 0.00192. The Hall–Kier alpha value is -2.36. The Morgan fingerprint density at radius 3 is 2.32 bits per heavy atom. The van der Waals surface area contributed by atoms with Crippen LogP contribution in [0.25, 0.3) is 16.9 Å². The molecular formula is C24H20BrCl2N3O3S. The minimum Gasteiger partial charge on any atom is -0.497 e. The molecule has 0 radical (unpaired) electrons. The van der Waals surface area contributed by atoms with Crippen molar-refractivity contribution in [3.63, 3.8) is 0 Å². The van der Waals surface area contributed by atoms with Crippen LogP contribution in [0, 0.1) is 6.92 Å². The van der Waals surface area contributed by atoms with Crippen LogP contribution in [0.15, 0.2) is 76.1 Å². The number of rotatable bonds is 7. The summed E-state index contributed by atoms with van der Waals surface area (Å²) in [6.07, 6.45) is 0. The average Bonchev–Trinajstić information content (AvgIpc) is 3.14. The van der Waals surface area contributed by atoms with Crippen LogP contribution in [-0.4, -0.2) is 25.3 Å². The van der Waals surface area contributed by atoms with Crippen molar-refractivity contribution in [3.8, 4) is 22.7 Å². The fourth-order valence-electron chi connectivity index (χ4n) is 3.48. The summed E-state index contributed by atoms with van der Waals surface area (Å²) >= 11 is 16.0. The first-order valence-electron chi connectivity index (χ1n) is 10.1. The highest BCUT2D eigenvalue weighted by Crippen LogP contribution is 2.33. The highest BCUT2D eigenvalue weighted by atomic mass is 79.9. The molecule has 0 bridgehead atoms. The van der Waals surface area contributed by atoms with E-state index in [0.29, 0.717) is 27.2 Å². The van der Waals surface area contributed by atoms with Gasteiger partial charge in [-0.15, -0.1) is 0 Å². The Kier molecular flexibility index (Phi) is 7.35. The lowest BCUT2D eigenvalue weighted by Gasteiger charge is -2.11. The maximum Gasteiger partial charge on any atom is 0.240 e. The topological polar surface area (TPSA) is 73.2 Å². The maximum atomic E-state index is 12.8. The van der Waals surface area contributed by atoms with Gasteiger partial charge in [0.15, 0.2) is 0 Å². The van der Waals surface area contributed by atoms with Gasteiger partial charge in [-0.05, 0) is 61.5 Å². The number of nitrogens with one attached hydrogen (secondary N) is 1. The molecule has 3 aromatic carbocycles. The van der Waals surface area contributed by atoms with Crippen LogP contribution in [0.1, 0.15) is 11.3 Å². The van der Waals surface area contributed by atoms with Gasteiger partial charge < -0.3 is 4.74 Å². The lowest BCUT2D eigenvalue weighted by molar-refractivity contribution is 0.414. The Morgan fingerprint density at radius 2 is 1.71 bits per heavy atom. The number of sulfonamides is 1. The molecule has 1 N–H and O–H groups in total. The molecule has 0 aliphatic rings. The zero-order valence-corrected chi connectivity index (χ0v) is 22.1. The largest absolute Gasteiger partial charge is 0.497 e. The molecular weight excluding hydrogens is 561 g/mol. The lowest BCUT2D eigenvalue weighted by Crippen LogP contribution is -2.23.